The zero-order valence-corrected chi connectivity index (χ0v) is 25.6. The van der Waals surface area contributed by atoms with E-state index in [1.54, 1.807) is 21.1 Å². The fraction of sp³-hybridized carbons (Fsp3) is 0.400. The predicted molar refractivity (Wildman–Crippen MR) is 161 cm³/mol. The third kappa shape index (κ3) is 5.35. The van der Waals surface area contributed by atoms with E-state index in [1.165, 1.54) is 0 Å². The number of carbonyl (C=O) groups excluding carboxylic acids is 3. The van der Waals surface area contributed by atoms with Gasteiger partial charge in [0, 0.05) is 22.2 Å². The number of thiazole rings is 1. The van der Waals surface area contributed by atoms with Crippen molar-refractivity contribution in [2.75, 3.05) is 6.54 Å². The largest absolute Gasteiger partial charge is 0.348 e. The van der Waals surface area contributed by atoms with E-state index >= 15 is 0 Å². The van der Waals surface area contributed by atoms with Crippen molar-refractivity contribution in [2.24, 2.45) is 5.92 Å². The highest BCUT2D eigenvalue weighted by Crippen LogP contribution is 2.32. The summed E-state index contributed by atoms with van der Waals surface area (Å²) in [6.45, 7) is 8.85. The normalized spacial score (nSPS) is 18.4. The van der Waals surface area contributed by atoms with Gasteiger partial charge in [0.25, 0.3) is 5.91 Å². The predicted octanol–water partition coefficient (Wildman–Crippen LogP) is 5.57. The van der Waals surface area contributed by atoms with E-state index in [4.69, 9.17) is 0 Å². The molecule has 1 unspecified atom stereocenters. The summed E-state index contributed by atoms with van der Waals surface area (Å²) in [6.07, 6.45) is 1.38. The molecule has 0 saturated carbocycles. The van der Waals surface area contributed by atoms with Gasteiger partial charge >= 0.3 is 0 Å². The molecule has 204 valence electrons. The third-order valence-corrected chi connectivity index (χ3v) is 9.65. The minimum atomic E-state index is -0.612. The maximum Gasteiger partial charge on any atom is 0.255 e. The van der Waals surface area contributed by atoms with Gasteiger partial charge in [0.15, 0.2) is 0 Å². The average molecular weight is 657 g/mol. The van der Waals surface area contributed by atoms with Crippen LogP contribution in [0.15, 0.2) is 48.0 Å². The Labute approximate surface area is 247 Å². The molecule has 39 heavy (non-hydrogen) atoms. The summed E-state index contributed by atoms with van der Waals surface area (Å²) in [5.74, 6) is -0.486. The van der Waals surface area contributed by atoms with E-state index in [0.29, 0.717) is 25.1 Å². The molecule has 2 aliphatic rings. The van der Waals surface area contributed by atoms with E-state index in [9.17, 15) is 14.4 Å². The van der Waals surface area contributed by atoms with E-state index in [0.717, 1.165) is 37.3 Å². The lowest BCUT2D eigenvalue weighted by Crippen LogP contribution is -2.55. The summed E-state index contributed by atoms with van der Waals surface area (Å²) >= 11 is 3.94. The van der Waals surface area contributed by atoms with Crippen LogP contribution in [0.5, 0.6) is 0 Å². The first-order valence-electron chi connectivity index (χ1n) is 13.4. The zero-order chi connectivity index (χ0) is 27.8. The van der Waals surface area contributed by atoms with E-state index in [2.05, 4.69) is 51.1 Å². The molecule has 1 fully saturated rings. The van der Waals surface area contributed by atoms with E-state index < -0.39 is 12.1 Å². The molecule has 2 aliphatic heterocycles. The maximum absolute atomic E-state index is 13.9. The second kappa shape index (κ2) is 11.4. The molecule has 3 aromatic rings. The summed E-state index contributed by atoms with van der Waals surface area (Å²) in [7, 11) is 0. The first kappa shape index (κ1) is 27.8. The smallest absolute Gasteiger partial charge is 0.255 e. The summed E-state index contributed by atoms with van der Waals surface area (Å²) in [5, 5.41) is 3.16. The van der Waals surface area contributed by atoms with Crippen LogP contribution in [-0.2, 0) is 16.1 Å². The number of nitrogens with one attached hydrogen (secondary N) is 1. The molecule has 1 N–H and O–H groups in total. The molecule has 0 radical (unpaired) electrons. The van der Waals surface area contributed by atoms with Gasteiger partial charge < -0.3 is 15.1 Å². The summed E-state index contributed by atoms with van der Waals surface area (Å²) < 4.78 is 1.07. The second-order valence-corrected chi connectivity index (χ2v) is 12.7. The van der Waals surface area contributed by atoms with Gasteiger partial charge in [-0.1, -0.05) is 44.2 Å². The lowest BCUT2D eigenvalue weighted by atomic mass is 10.00. The molecule has 9 heteroatoms. The highest BCUT2D eigenvalue weighted by Gasteiger charge is 2.44. The zero-order valence-electron chi connectivity index (χ0n) is 22.6. The van der Waals surface area contributed by atoms with Crippen molar-refractivity contribution >= 4 is 51.6 Å². The molecular formula is C30H33IN4O3S. The minimum absolute atomic E-state index is 0.0822. The number of aromatic nitrogens is 1. The van der Waals surface area contributed by atoms with Crippen molar-refractivity contribution in [2.45, 2.75) is 65.2 Å². The highest BCUT2D eigenvalue weighted by molar-refractivity contribution is 14.1. The molecule has 3 heterocycles. The van der Waals surface area contributed by atoms with Crippen LogP contribution in [0.1, 0.15) is 66.8 Å². The number of rotatable bonds is 7. The SMILES string of the molecule is Cc1ncsc1-c1ccc([C@H](C)NC(=O)[C@@H]2CCCN2C(=O)C(C(C)C)N2Cc3ccccc3C2=O)c(I)c1. The number of benzene rings is 2. The van der Waals surface area contributed by atoms with Crippen LogP contribution in [-0.4, -0.2) is 51.1 Å². The number of amides is 3. The summed E-state index contributed by atoms with van der Waals surface area (Å²) in [5.41, 5.74) is 6.61. The number of nitrogens with zero attached hydrogens (tertiary/aromatic N) is 3. The van der Waals surface area contributed by atoms with Crippen molar-refractivity contribution < 1.29 is 14.4 Å². The van der Waals surface area contributed by atoms with Crippen molar-refractivity contribution in [3.63, 3.8) is 0 Å². The minimum Gasteiger partial charge on any atom is -0.348 e. The van der Waals surface area contributed by atoms with Crippen LogP contribution < -0.4 is 5.32 Å². The molecule has 0 bridgehead atoms. The second-order valence-electron chi connectivity index (χ2n) is 10.7. The van der Waals surface area contributed by atoms with Crippen LogP contribution in [0.2, 0.25) is 0 Å². The summed E-state index contributed by atoms with van der Waals surface area (Å²) in [6, 6.07) is 12.4. The van der Waals surface area contributed by atoms with Gasteiger partial charge in [-0.05, 0) is 84.0 Å². The Morgan fingerprint density at radius 2 is 1.92 bits per heavy atom. The molecule has 3 amide bonds. The van der Waals surface area contributed by atoms with Crippen LogP contribution in [0.3, 0.4) is 0 Å². The van der Waals surface area contributed by atoms with Crippen LogP contribution in [0.4, 0.5) is 0 Å². The Bertz CT molecular complexity index is 1420. The summed E-state index contributed by atoms with van der Waals surface area (Å²) in [4.78, 5) is 49.5. The Balaban J connectivity index is 1.30. The monoisotopic (exact) mass is 656 g/mol. The first-order valence-corrected chi connectivity index (χ1v) is 15.3. The Hall–Kier alpha value is -2.79. The van der Waals surface area contributed by atoms with Gasteiger partial charge in [0.05, 0.1) is 22.1 Å². The van der Waals surface area contributed by atoms with Crippen LogP contribution >= 0.6 is 33.9 Å². The highest BCUT2D eigenvalue weighted by atomic mass is 127. The molecule has 5 rings (SSSR count). The van der Waals surface area contributed by atoms with Gasteiger partial charge in [0.2, 0.25) is 11.8 Å². The molecule has 7 nitrogen and oxygen atoms in total. The molecule has 2 aromatic carbocycles. The van der Waals surface area contributed by atoms with Crippen molar-refractivity contribution in [1.29, 1.82) is 0 Å². The van der Waals surface area contributed by atoms with Crippen LogP contribution in [0.25, 0.3) is 10.4 Å². The van der Waals surface area contributed by atoms with Gasteiger partial charge in [-0.3, -0.25) is 14.4 Å². The molecule has 3 atom stereocenters. The molecule has 1 aromatic heterocycles. The molecular weight excluding hydrogens is 623 g/mol. The number of likely N-dealkylation sites (tertiary alicyclic amines) is 1. The van der Waals surface area contributed by atoms with Gasteiger partial charge in [-0.2, -0.15) is 0 Å². The molecule has 1 saturated heterocycles. The van der Waals surface area contributed by atoms with Gasteiger partial charge in [-0.15, -0.1) is 11.3 Å². The van der Waals surface area contributed by atoms with Crippen molar-refractivity contribution in [3.05, 3.63) is 73.9 Å². The topological polar surface area (TPSA) is 82.6 Å². The maximum atomic E-state index is 13.9. The number of aryl methyl sites for hydroxylation is 1. The number of halogens is 1. The standard InChI is InChI=1S/C30H33IN4O3S/c1-17(2)26(35-15-21-8-5-6-9-23(21)29(35)37)30(38)34-13-7-10-25(34)28(36)33-18(3)22-12-11-20(14-24(22)31)27-19(4)32-16-39-27/h5-6,8-9,11-12,14,16-18,25-26H,7,10,13,15H2,1-4H3,(H,33,36)/t18-,25-,26?/m0/s1. The Morgan fingerprint density at radius 3 is 2.59 bits per heavy atom. The number of fused-ring (bicyclic) bond motifs is 1. The number of carbonyl (C=O) groups is 3. The van der Waals surface area contributed by atoms with E-state index in [-0.39, 0.29) is 29.7 Å². The fourth-order valence-corrected chi connectivity index (χ4v) is 7.52. The lowest BCUT2D eigenvalue weighted by Gasteiger charge is -2.35. The van der Waals surface area contributed by atoms with Crippen molar-refractivity contribution in [1.82, 2.24) is 20.1 Å². The number of hydrogen-bond donors (Lipinski definition) is 1. The van der Waals surface area contributed by atoms with Gasteiger partial charge in [0.1, 0.15) is 12.1 Å². The first-order chi connectivity index (χ1) is 18.7. The number of hydrogen-bond acceptors (Lipinski definition) is 5. The van der Waals surface area contributed by atoms with E-state index in [1.807, 2.05) is 57.5 Å². The van der Waals surface area contributed by atoms with Crippen LogP contribution in [0, 0.1) is 16.4 Å². The fourth-order valence-electron chi connectivity index (χ4n) is 5.74. The molecule has 0 spiro atoms. The quantitative estimate of drug-likeness (QED) is 0.338. The third-order valence-electron chi connectivity index (χ3n) is 7.74. The van der Waals surface area contributed by atoms with Crippen molar-refractivity contribution in [3.8, 4) is 10.4 Å². The lowest BCUT2D eigenvalue weighted by molar-refractivity contribution is -0.143. The van der Waals surface area contributed by atoms with Gasteiger partial charge in [-0.25, -0.2) is 4.98 Å². The Morgan fingerprint density at radius 1 is 1.15 bits per heavy atom. The Kier molecular flexibility index (Phi) is 8.09. The molecule has 0 aliphatic carbocycles. The average Bonchev–Trinajstić information content (AvgIpc) is 3.63.